The third kappa shape index (κ3) is 2.13. The quantitative estimate of drug-likeness (QED) is 0.898. The number of thiazole rings is 1. The Morgan fingerprint density at radius 2 is 2.24 bits per heavy atom. The van der Waals surface area contributed by atoms with Crippen molar-refractivity contribution < 1.29 is 5.11 Å². The molecule has 3 rings (SSSR count). The van der Waals surface area contributed by atoms with Crippen molar-refractivity contribution in [2.45, 2.75) is 31.3 Å². The van der Waals surface area contributed by atoms with Crippen LogP contribution in [-0.4, -0.2) is 10.1 Å². The van der Waals surface area contributed by atoms with E-state index in [1.807, 2.05) is 17.5 Å². The lowest BCUT2D eigenvalue weighted by Gasteiger charge is -2.26. The number of hydrogen-bond acceptors (Lipinski definition) is 3. The van der Waals surface area contributed by atoms with Gasteiger partial charge in [0.05, 0.1) is 11.2 Å². The normalized spacial score (nSPS) is 17.7. The van der Waals surface area contributed by atoms with E-state index in [9.17, 15) is 5.11 Å². The first-order chi connectivity index (χ1) is 8.34. The fourth-order valence-corrected chi connectivity index (χ4v) is 2.82. The molecule has 1 N–H and O–H groups in total. The Balaban J connectivity index is 1.87. The number of nitrogens with zero attached hydrogens (tertiary/aromatic N) is 1. The lowest BCUT2D eigenvalue weighted by molar-refractivity contribution is 0.216. The van der Waals surface area contributed by atoms with Gasteiger partial charge in [0.2, 0.25) is 0 Å². The van der Waals surface area contributed by atoms with Gasteiger partial charge in [-0.15, -0.1) is 11.3 Å². The Kier molecular flexibility index (Phi) is 2.95. The van der Waals surface area contributed by atoms with Crippen molar-refractivity contribution >= 4 is 11.3 Å². The fraction of sp³-hybridized carbons (Fsp3) is 0.357. The summed E-state index contributed by atoms with van der Waals surface area (Å²) in [5.74, 6) is 0.706. The highest BCUT2D eigenvalue weighted by molar-refractivity contribution is 7.07. The molecule has 1 saturated carbocycles. The number of aliphatic hydroxyl groups is 1. The summed E-state index contributed by atoms with van der Waals surface area (Å²) in [4.78, 5) is 4.17. The number of rotatable bonds is 3. The molecule has 0 spiro atoms. The van der Waals surface area contributed by atoms with Crippen LogP contribution in [0.5, 0.6) is 0 Å². The maximum absolute atomic E-state index is 10.2. The van der Waals surface area contributed by atoms with E-state index in [2.05, 4.69) is 17.1 Å². The molecule has 1 unspecified atom stereocenters. The molecular weight excluding hydrogens is 230 g/mol. The summed E-state index contributed by atoms with van der Waals surface area (Å²) in [6.07, 6.45) is 3.33. The second-order valence-corrected chi connectivity index (χ2v) is 5.33. The van der Waals surface area contributed by atoms with Gasteiger partial charge in [0.1, 0.15) is 6.10 Å². The van der Waals surface area contributed by atoms with Crippen molar-refractivity contribution in [2.75, 3.05) is 0 Å². The molecule has 88 valence electrons. The predicted molar refractivity (Wildman–Crippen MR) is 69.2 cm³/mol. The molecule has 1 aliphatic carbocycles. The first-order valence-electron chi connectivity index (χ1n) is 6.00. The molecule has 2 nitrogen and oxygen atoms in total. The zero-order valence-electron chi connectivity index (χ0n) is 9.54. The van der Waals surface area contributed by atoms with Gasteiger partial charge in [-0.25, -0.2) is 4.98 Å². The molecular formula is C14H15NOS. The zero-order valence-corrected chi connectivity index (χ0v) is 10.4. The van der Waals surface area contributed by atoms with E-state index in [0.717, 1.165) is 11.3 Å². The molecule has 0 amide bonds. The topological polar surface area (TPSA) is 33.1 Å². The van der Waals surface area contributed by atoms with Crippen LogP contribution in [0.2, 0.25) is 0 Å². The van der Waals surface area contributed by atoms with Gasteiger partial charge in [0, 0.05) is 5.38 Å². The molecule has 1 atom stereocenters. The molecule has 17 heavy (non-hydrogen) atoms. The third-order valence-electron chi connectivity index (χ3n) is 3.53. The molecule has 1 heterocycles. The second-order valence-electron chi connectivity index (χ2n) is 4.61. The van der Waals surface area contributed by atoms with Crippen molar-refractivity contribution in [3.8, 4) is 0 Å². The summed E-state index contributed by atoms with van der Waals surface area (Å²) in [6, 6.07) is 8.32. The molecule has 0 radical (unpaired) electrons. The van der Waals surface area contributed by atoms with E-state index < -0.39 is 6.10 Å². The predicted octanol–water partition coefficient (Wildman–Crippen LogP) is 3.49. The highest BCUT2D eigenvalue weighted by Crippen LogP contribution is 2.37. The number of aliphatic hydroxyl groups excluding tert-OH is 1. The van der Waals surface area contributed by atoms with Crippen LogP contribution in [0.25, 0.3) is 0 Å². The average molecular weight is 245 g/mol. The van der Waals surface area contributed by atoms with Crippen LogP contribution in [-0.2, 0) is 0 Å². The molecule has 1 aromatic carbocycles. The fourth-order valence-electron chi connectivity index (χ4n) is 2.25. The van der Waals surface area contributed by atoms with Gasteiger partial charge in [0.15, 0.2) is 0 Å². The van der Waals surface area contributed by atoms with Gasteiger partial charge < -0.3 is 5.11 Å². The lowest BCUT2D eigenvalue weighted by Crippen LogP contribution is -2.09. The minimum atomic E-state index is -0.582. The van der Waals surface area contributed by atoms with Gasteiger partial charge >= 0.3 is 0 Å². The van der Waals surface area contributed by atoms with Crippen molar-refractivity contribution in [3.05, 3.63) is 52.0 Å². The first-order valence-corrected chi connectivity index (χ1v) is 6.95. The van der Waals surface area contributed by atoms with Gasteiger partial charge in [0.25, 0.3) is 0 Å². The summed E-state index contributed by atoms with van der Waals surface area (Å²) in [7, 11) is 0. The highest BCUT2D eigenvalue weighted by atomic mass is 32.1. The van der Waals surface area contributed by atoms with Gasteiger partial charge in [-0.2, -0.15) is 0 Å². The van der Waals surface area contributed by atoms with E-state index >= 15 is 0 Å². The van der Waals surface area contributed by atoms with Gasteiger partial charge in [-0.3, -0.25) is 0 Å². The first kappa shape index (κ1) is 10.9. The molecule has 2 aromatic rings. The minimum Gasteiger partial charge on any atom is -0.382 e. The summed E-state index contributed by atoms with van der Waals surface area (Å²) in [5.41, 5.74) is 4.83. The number of benzene rings is 1. The Labute approximate surface area is 105 Å². The standard InChI is InChI=1S/C14H15NOS/c16-14(13-8-17-9-15-13)12-6-2-5-11(7-12)10-3-1-4-10/h2,5-10,14,16H,1,3-4H2. The van der Waals surface area contributed by atoms with Crippen LogP contribution in [0.4, 0.5) is 0 Å². The molecule has 0 bridgehead atoms. The van der Waals surface area contributed by atoms with Crippen LogP contribution < -0.4 is 0 Å². The average Bonchev–Trinajstić information content (AvgIpc) is 2.79. The summed E-state index contributed by atoms with van der Waals surface area (Å²) >= 11 is 1.52. The van der Waals surface area contributed by atoms with Crippen LogP contribution in [0.3, 0.4) is 0 Å². The molecule has 1 fully saturated rings. The molecule has 1 aromatic heterocycles. The van der Waals surface area contributed by atoms with E-state index in [0.29, 0.717) is 5.92 Å². The van der Waals surface area contributed by atoms with Gasteiger partial charge in [-0.05, 0) is 29.9 Å². The Bertz CT molecular complexity index is 491. The zero-order chi connectivity index (χ0) is 11.7. The maximum atomic E-state index is 10.2. The summed E-state index contributed by atoms with van der Waals surface area (Å²) < 4.78 is 0. The number of hydrogen-bond donors (Lipinski definition) is 1. The van der Waals surface area contributed by atoms with E-state index in [1.54, 1.807) is 5.51 Å². The molecule has 0 aliphatic heterocycles. The summed E-state index contributed by atoms with van der Waals surface area (Å²) in [5, 5.41) is 12.1. The van der Waals surface area contributed by atoms with E-state index in [1.165, 1.54) is 36.2 Å². The third-order valence-corrected chi connectivity index (χ3v) is 4.14. The maximum Gasteiger partial charge on any atom is 0.122 e. The Morgan fingerprint density at radius 3 is 2.88 bits per heavy atom. The van der Waals surface area contributed by atoms with Gasteiger partial charge in [-0.1, -0.05) is 30.7 Å². The Hall–Kier alpha value is -1.19. The second kappa shape index (κ2) is 4.59. The van der Waals surface area contributed by atoms with Crippen LogP contribution >= 0.6 is 11.3 Å². The molecule has 3 heteroatoms. The largest absolute Gasteiger partial charge is 0.382 e. The molecule has 0 saturated heterocycles. The van der Waals surface area contributed by atoms with E-state index in [4.69, 9.17) is 0 Å². The summed E-state index contributed by atoms with van der Waals surface area (Å²) in [6.45, 7) is 0. The minimum absolute atomic E-state index is 0.582. The van der Waals surface area contributed by atoms with Crippen molar-refractivity contribution in [2.24, 2.45) is 0 Å². The van der Waals surface area contributed by atoms with E-state index in [-0.39, 0.29) is 0 Å². The Morgan fingerprint density at radius 1 is 1.35 bits per heavy atom. The van der Waals surface area contributed by atoms with Crippen molar-refractivity contribution in [1.29, 1.82) is 0 Å². The van der Waals surface area contributed by atoms with Crippen LogP contribution in [0, 0.1) is 0 Å². The van der Waals surface area contributed by atoms with Crippen molar-refractivity contribution in [3.63, 3.8) is 0 Å². The smallest absolute Gasteiger partial charge is 0.122 e. The highest BCUT2D eigenvalue weighted by Gasteiger charge is 2.20. The molecule has 1 aliphatic rings. The van der Waals surface area contributed by atoms with Crippen LogP contribution in [0.1, 0.15) is 48.1 Å². The SMILES string of the molecule is OC(c1cccc(C2CCC2)c1)c1cscn1. The van der Waals surface area contributed by atoms with Crippen LogP contribution in [0.15, 0.2) is 35.2 Å². The lowest BCUT2D eigenvalue weighted by atomic mass is 9.79. The number of aromatic nitrogens is 1. The van der Waals surface area contributed by atoms with Crippen molar-refractivity contribution in [1.82, 2.24) is 4.98 Å². The monoisotopic (exact) mass is 245 g/mol.